The Bertz CT molecular complexity index is 36.5. The van der Waals surface area contributed by atoms with E-state index < -0.39 is 0 Å². The summed E-state index contributed by atoms with van der Waals surface area (Å²) < 4.78 is 0. The van der Waals surface area contributed by atoms with Crippen LogP contribution in [0.5, 0.6) is 0 Å². The average molecular weight is 232 g/mol. The van der Waals surface area contributed by atoms with Gasteiger partial charge in [0.25, 0.3) is 0 Å². The van der Waals surface area contributed by atoms with Gasteiger partial charge in [-0.2, -0.15) is 0 Å². The Hall–Kier alpha value is 0.979. The minimum absolute atomic E-state index is 0. The molecule has 0 spiro atoms. The first-order chi connectivity index (χ1) is 1.73. The van der Waals surface area contributed by atoms with E-state index in [2.05, 4.69) is 12.2 Å². The van der Waals surface area contributed by atoms with Crippen LogP contribution in [0.4, 0.5) is 0 Å². The van der Waals surface area contributed by atoms with Crippen LogP contribution in [0.1, 0.15) is 6.92 Å². The molecule has 2 N–H and O–H groups in total. The fourth-order valence-corrected chi connectivity index (χ4v) is 0. The fourth-order valence-electron chi connectivity index (χ4n) is 0. The van der Waals surface area contributed by atoms with Gasteiger partial charge in [0.15, 0.2) is 0 Å². The number of thiocarbonyl (C=S) groups is 1. The molecule has 38 valence electrons. The maximum atomic E-state index is 4.84. The van der Waals surface area contributed by atoms with Crippen molar-refractivity contribution in [2.24, 2.45) is 5.73 Å². The van der Waals surface area contributed by atoms with E-state index in [1.165, 1.54) is 0 Å². The molecule has 0 amide bonds. The summed E-state index contributed by atoms with van der Waals surface area (Å²) in [5.74, 6) is 0. The molecule has 0 aromatic rings. The maximum absolute atomic E-state index is 4.84. The summed E-state index contributed by atoms with van der Waals surface area (Å²) in [7, 11) is 0. The van der Waals surface area contributed by atoms with Crippen molar-refractivity contribution < 1.29 is 0 Å². The van der Waals surface area contributed by atoms with Crippen LogP contribution in [-0.2, 0) is 0 Å². The number of nitrogens with two attached hydrogens (primary N) is 1. The Morgan fingerprint density at radius 2 is 1.67 bits per heavy atom. The van der Waals surface area contributed by atoms with Crippen LogP contribution in [0.2, 0.25) is 0 Å². The molecule has 0 atom stereocenters. The van der Waals surface area contributed by atoms with Crippen LogP contribution in [0.15, 0.2) is 0 Å². The van der Waals surface area contributed by atoms with Crippen LogP contribution in [-0.4, -0.2) is 28.9 Å². The Labute approximate surface area is 66.0 Å². The van der Waals surface area contributed by atoms with Crippen molar-refractivity contribution in [3.05, 3.63) is 0 Å². The summed E-state index contributed by atoms with van der Waals surface area (Å²) >= 11 is 4.31. The van der Waals surface area contributed by atoms with Crippen molar-refractivity contribution >= 4 is 53.5 Å². The molecule has 0 aliphatic heterocycles. The predicted octanol–water partition coefficient (Wildman–Crippen LogP) is -0.202. The molecular weight excluding hydrogens is 224 g/mol. The molecule has 0 aliphatic carbocycles. The van der Waals surface area contributed by atoms with Gasteiger partial charge < -0.3 is 5.73 Å². The molecule has 0 aromatic heterocycles. The monoisotopic (exact) mass is 233 g/mol. The first kappa shape index (κ1) is 15.8. The molecule has 0 heterocycles. The van der Waals surface area contributed by atoms with E-state index >= 15 is 0 Å². The van der Waals surface area contributed by atoms with Gasteiger partial charge in [-0.25, -0.2) is 0 Å². The number of rotatable bonds is 0. The molecule has 1 nitrogen and oxygen atoms in total. The first-order valence-corrected chi connectivity index (χ1v) is 1.40. The molecule has 0 saturated carbocycles. The zero-order valence-corrected chi connectivity index (χ0v) is 9.27. The molecule has 4 heteroatoms. The Morgan fingerprint density at radius 3 is 1.67 bits per heavy atom. The van der Waals surface area contributed by atoms with Gasteiger partial charge in [0.05, 0.1) is 4.99 Å². The quantitative estimate of drug-likeness (QED) is 0.462. The van der Waals surface area contributed by atoms with Gasteiger partial charge in [0.2, 0.25) is 0 Å². The first-order valence-electron chi connectivity index (χ1n) is 0.993. The van der Waals surface area contributed by atoms with Gasteiger partial charge in [-0.05, 0) is 6.92 Å². The van der Waals surface area contributed by atoms with Crippen LogP contribution < -0.4 is 5.73 Å². The molecule has 6 heavy (non-hydrogen) atoms. The van der Waals surface area contributed by atoms with Gasteiger partial charge in [-0.1, -0.05) is 12.2 Å². The summed E-state index contributed by atoms with van der Waals surface area (Å²) in [5.41, 5.74) is 4.84. The second kappa shape index (κ2) is 9.36. The molecule has 0 fully saturated rings. The van der Waals surface area contributed by atoms with Gasteiger partial charge in [0.1, 0.15) is 0 Å². The molecule has 2 radical (unpaired) electrons. The normalized spacial score (nSPS) is 4.17. The average Bonchev–Trinajstić information content (AvgIpc) is 0.811. The fraction of sp³-hybridized carbons (Fsp3) is 0.500. The van der Waals surface area contributed by atoms with Gasteiger partial charge in [-0.3, -0.25) is 0 Å². The van der Waals surface area contributed by atoms with Crippen LogP contribution in [0.25, 0.3) is 0 Å². The van der Waals surface area contributed by atoms with Crippen molar-refractivity contribution in [3.63, 3.8) is 0 Å². The third kappa shape index (κ3) is 82.3. The van der Waals surface area contributed by atoms with Gasteiger partial charge in [-0.15, -0.1) is 12.4 Å². The Balaban J connectivity index is -0.0000000450. The number of hydrogen-bond donors (Lipinski definition) is 1. The van der Waals surface area contributed by atoms with Crippen molar-refractivity contribution in [1.82, 2.24) is 0 Å². The molecule has 0 saturated heterocycles. The van der Waals surface area contributed by atoms with E-state index in [0.717, 1.165) is 0 Å². The predicted molar refractivity (Wildman–Crippen MR) is 38.3 cm³/mol. The molecule has 0 aromatic carbocycles. The van der Waals surface area contributed by atoms with Crippen LogP contribution >= 0.6 is 24.6 Å². The summed E-state index contributed by atoms with van der Waals surface area (Å²) in [6.07, 6.45) is 0. The SMILES string of the molecule is CC(N)=S.Cl.[SnH2]. The zero-order chi connectivity index (χ0) is 3.58. The summed E-state index contributed by atoms with van der Waals surface area (Å²) in [6, 6.07) is 0. The number of hydrogen-bond acceptors (Lipinski definition) is 1. The molecule has 0 unspecified atom stereocenters. The van der Waals surface area contributed by atoms with E-state index in [-0.39, 0.29) is 36.3 Å². The van der Waals surface area contributed by atoms with E-state index in [4.69, 9.17) is 5.73 Å². The van der Waals surface area contributed by atoms with Crippen molar-refractivity contribution in [1.29, 1.82) is 0 Å². The van der Waals surface area contributed by atoms with E-state index in [9.17, 15) is 0 Å². The second-order valence-corrected chi connectivity index (χ2v) is 1.25. The van der Waals surface area contributed by atoms with Crippen LogP contribution in [0.3, 0.4) is 0 Å². The molecular formula is C2H8ClNSSn. The van der Waals surface area contributed by atoms with E-state index in [1.54, 1.807) is 6.92 Å². The molecule has 0 aliphatic rings. The van der Waals surface area contributed by atoms with Gasteiger partial charge >= 0.3 is 23.9 Å². The van der Waals surface area contributed by atoms with E-state index in [1.807, 2.05) is 0 Å². The summed E-state index contributed by atoms with van der Waals surface area (Å²) in [6.45, 7) is 1.68. The third-order valence-electron chi connectivity index (χ3n) is 0. The van der Waals surface area contributed by atoms with Crippen molar-refractivity contribution in [3.8, 4) is 0 Å². The van der Waals surface area contributed by atoms with Crippen molar-refractivity contribution in [2.45, 2.75) is 6.92 Å². The topological polar surface area (TPSA) is 26.0 Å². The van der Waals surface area contributed by atoms with Crippen LogP contribution in [0, 0.1) is 0 Å². The zero-order valence-electron chi connectivity index (χ0n) is 3.60. The standard InChI is InChI=1S/C2H5NS.ClH.Sn.2H/c1-2(3)4;;;;/h1H3,(H2,3,4);1H;;;. The minimum atomic E-state index is 0. The summed E-state index contributed by atoms with van der Waals surface area (Å²) in [5, 5.41) is 0. The molecule has 0 bridgehead atoms. The van der Waals surface area contributed by atoms with E-state index in [0.29, 0.717) is 4.99 Å². The second-order valence-electron chi connectivity index (χ2n) is 0.611. The number of halogens is 1. The summed E-state index contributed by atoms with van der Waals surface area (Å²) in [4.78, 5) is 0.500. The van der Waals surface area contributed by atoms with Gasteiger partial charge in [0, 0.05) is 0 Å². The Kier molecular flexibility index (Phi) is 24.6. The third-order valence-corrected chi connectivity index (χ3v) is 0. The molecule has 0 rings (SSSR count). The Morgan fingerprint density at radius 1 is 1.67 bits per heavy atom. The van der Waals surface area contributed by atoms with Crippen molar-refractivity contribution in [2.75, 3.05) is 0 Å².